The number of nitrogens with zero attached hydrogens (tertiary/aromatic N) is 2. The minimum Gasteiger partial charge on any atom is -0.492 e. The number of para-hydroxylation sites is 2. The molecule has 0 aliphatic heterocycles. The number of fused-ring (bicyclic) bond motifs is 1. The van der Waals surface area contributed by atoms with E-state index in [1.54, 1.807) is 28.8 Å². The lowest BCUT2D eigenvalue weighted by Crippen LogP contribution is -2.19. The van der Waals surface area contributed by atoms with Gasteiger partial charge >= 0.3 is 5.97 Å². The summed E-state index contributed by atoms with van der Waals surface area (Å²) in [5.41, 5.74) is 0.623. The molecule has 0 amide bonds. The minimum absolute atomic E-state index is 0.0489. The number of nitrogens with one attached hydrogen (secondary N) is 1. The van der Waals surface area contributed by atoms with Gasteiger partial charge in [-0.3, -0.25) is 14.3 Å². The Labute approximate surface area is 175 Å². The van der Waals surface area contributed by atoms with Crippen LogP contribution in [0.25, 0.3) is 28.2 Å². The standard InChI is InChI=1S/C21H17N3O5S/c1-3-28-16-8-5-4-7-14(16)24-18-17(19(25)23-21(24)30)12(20(26)27-2)11-13(22-18)15-9-6-10-29-15/h4-11H,3H2,1-2H3,(H,23,25,30). The van der Waals surface area contributed by atoms with Crippen LogP contribution in [0.2, 0.25) is 0 Å². The molecule has 0 atom stereocenters. The number of rotatable bonds is 5. The molecule has 152 valence electrons. The van der Waals surface area contributed by atoms with E-state index in [4.69, 9.17) is 26.1 Å². The fourth-order valence-electron chi connectivity index (χ4n) is 3.19. The predicted molar refractivity (Wildman–Crippen MR) is 113 cm³/mol. The highest BCUT2D eigenvalue weighted by molar-refractivity contribution is 7.71. The van der Waals surface area contributed by atoms with Crippen LogP contribution in [0.5, 0.6) is 5.75 Å². The van der Waals surface area contributed by atoms with Crippen molar-refractivity contribution in [2.75, 3.05) is 13.7 Å². The lowest BCUT2D eigenvalue weighted by molar-refractivity contribution is 0.0603. The second kappa shape index (κ2) is 7.96. The quantitative estimate of drug-likeness (QED) is 0.384. The number of carbonyl (C=O) groups excluding carboxylic acids is 1. The SMILES string of the molecule is CCOc1ccccc1-n1c(=S)[nH]c(=O)c2c(C(=O)OC)cc(-c3ccco3)nc21. The number of aromatic amines is 1. The predicted octanol–water partition coefficient (Wildman–Crippen LogP) is 3.89. The molecule has 0 aliphatic carbocycles. The number of H-pyrrole nitrogens is 1. The van der Waals surface area contributed by atoms with Gasteiger partial charge in [0.05, 0.1) is 36.6 Å². The maximum absolute atomic E-state index is 12.8. The third-order valence-electron chi connectivity index (χ3n) is 4.45. The second-order valence-electron chi connectivity index (χ2n) is 6.22. The van der Waals surface area contributed by atoms with E-state index >= 15 is 0 Å². The zero-order chi connectivity index (χ0) is 21.3. The lowest BCUT2D eigenvalue weighted by atomic mass is 10.1. The molecule has 0 unspecified atom stereocenters. The molecule has 4 rings (SSSR count). The fourth-order valence-corrected chi connectivity index (χ4v) is 3.47. The fraction of sp³-hybridized carbons (Fsp3) is 0.143. The van der Waals surface area contributed by atoms with Gasteiger partial charge in [0.1, 0.15) is 11.4 Å². The van der Waals surface area contributed by atoms with Crippen molar-refractivity contribution in [3.63, 3.8) is 0 Å². The minimum atomic E-state index is -0.678. The Morgan fingerprint density at radius 3 is 2.77 bits per heavy atom. The Hall–Kier alpha value is -3.72. The van der Waals surface area contributed by atoms with Crippen molar-refractivity contribution in [1.82, 2.24) is 14.5 Å². The molecule has 4 aromatic rings. The van der Waals surface area contributed by atoms with Crippen LogP contribution in [-0.4, -0.2) is 34.2 Å². The first-order valence-electron chi connectivity index (χ1n) is 9.09. The normalized spacial score (nSPS) is 10.9. The third-order valence-corrected chi connectivity index (χ3v) is 4.73. The van der Waals surface area contributed by atoms with Crippen LogP contribution in [0.4, 0.5) is 0 Å². The van der Waals surface area contributed by atoms with E-state index in [-0.39, 0.29) is 21.4 Å². The van der Waals surface area contributed by atoms with Crippen LogP contribution in [0.1, 0.15) is 17.3 Å². The van der Waals surface area contributed by atoms with Crippen molar-refractivity contribution < 1.29 is 18.7 Å². The number of hydrogen-bond acceptors (Lipinski definition) is 7. The van der Waals surface area contributed by atoms with E-state index in [1.807, 2.05) is 19.1 Å². The molecule has 9 heteroatoms. The second-order valence-corrected chi connectivity index (χ2v) is 6.60. The Balaban J connectivity index is 2.17. The van der Waals surface area contributed by atoms with Crippen molar-refractivity contribution in [2.24, 2.45) is 0 Å². The van der Waals surface area contributed by atoms with Gasteiger partial charge in [0.2, 0.25) is 0 Å². The number of benzene rings is 1. The van der Waals surface area contributed by atoms with Crippen LogP contribution in [0.3, 0.4) is 0 Å². The highest BCUT2D eigenvalue weighted by Gasteiger charge is 2.22. The molecule has 0 fully saturated rings. The third kappa shape index (κ3) is 3.29. The number of methoxy groups -OCH3 is 1. The van der Waals surface area contributed by atoms with Crippen LogP contribution in [0, 0.1) is 4.77 Å². The van der Waals surface area contributed by atoms with Crippen molar-refractivity contribution in [2.45, 2.75) is 6.92 Å². The zero-order valence-electron chi connectivity index (χ0n) is 16.2. The highest BCUT2D eigenvalue weighted by Crippen LogP contribution is 2.29. The van der Waals surface area contributed by atoms with Crippen LogP contribution in [-0.2, 0) is 4.74 Å². The van der Waals surface area contributed by atoms with Gasteiger partial charge in [-0.15, -0.1) is 0 Å². The number of ether oxygens (including phenoxy) is 2. The van der Waals surface area contributed by atoms with E-state index in [1.165, 1.54) is 19.4 Å². The summed E-state index contributed by atoms with van der Waals surface area (Å²) in [4.78, 5) is 32.5. The molecule has 1 N–H and O–H groups in total. The molecule has 0 spiro atoms. The van der Waals surface area contributed by atoms with Crippen molar-refractivity contribution in [3.05, 3.63) is 69.4 Å². The van der Waals surface area contributed by atoms with Gasteiger partial charge in [-0.25, -0.2) is 9.78 Å². The summed E-state index contributed by atoms with van der Waals surface area (Å²) in [5.74, 6) is 0.301. The molecule has 0 saturated heterocycles. The Morgan fingerprint density at radius 1 is 1.27 bits per heavy atom. The van der Waals surface area contributed by atoms with E-state index in [0.29, 0.717) is 29.5 Å². The highest BCUT2D eigenvalue weighted by atomic mass is 32.1. The Morgan fingerprint density at radius 2 is 2.07 bits per heavy atom. The molecule has 0 saturated carbocycles. The number of furan rings is 1. The first kappa shape index (κ1) is 19.6. The van der Waals surface area contributed by atoms with Crippen LogP contribution in [0.15, 0.2) is 57.9 Å². The van der Waals surface area contributed by atoms with E-state index in [9.17, 15) is 9.59 Å². The van der Waals surface area contributed by atoms with Gasteiger partial charge in [0.15, 0.2) is 16.2 Å². The summed E-state index contributed by atoms with van der Waals surface area (Å²) in [6, 6.07) is 12.1. The lowest BCUT2D eigenvalue weighted by Gasteiger charge is -2.16. The van der Waals surface area contributed by atoms with Crippen molar-refractivity contribution in [3.8, 4) is 22.9 Å². The van der Waals surface area contributed by atoms with Gasteiger partial charge in [0.25, 0.3) is 5.56 Å². The summed E-state index contributed by atoms with van der Waals surface area (Å²) in [7, 11) is 1.25. The smallest absolute Gasteiger partial charge is 0.338 e. The summed E-state index contributed by atoms with van der Waals surface area (Å²) >= 11 is 5.45. The van der Waals surface area contributed by atoms with Crippen molar-refractivity contribution >= 4 is 29.2 Å². The molecule has 0 radical (unpaired) electrons. The largest absolute Gasteiger partial charge is 0.492 e. The van der Waals surface area contributed by atoms with Gasteiger partial charge in [-0.2, -0.15) is 0 Å². The number of carbonyl (C=O) groups is 1. The molecule has 8 nitrogen and oxygen atoms in total. The Bertz CT molecular complexity index is 1360. The van der Waals surface area contributed by atoms with Gasteiger partial charge in [-0.1, -0.05) is 12.1 Å². The molecule has 1 aromatic carbocycles. The molecule has 3 aromatic heterocycles. The maximum atomic E-state index is 12.8. The first-order valence-corrected chi connectivity index (χ1v) is 9.50. The van der Waals surface area contributed by atoms with Gasteiger partial charge < -0.3 is 13.9 Å². The number of pyridine rings is 1. The van der Waals surface area contributed by atoms with Crippen LogP contribution < -0.4 is 10.3 Å². The maximum Gasteiger partial charge on any atom is 0.338 e. The van der Waals surface area contributed by atoms with Gasteiger partial charge in [0, 0.05) is 0 Å². The monoisotopic (exact) mass is 423 g/mol. The molecule has 0 aliphatic rings. The Kier molecular flexibility index (Phi) is 5.20. The molecular weight excluding hydrogens is 406 g/mol. The first-order chi connectivity index (χ1) is 14.5. The average molecular weight is 423 g/mol. The summed E-state index contributed by atoms with van der Waals surface area (Å²) in [6.07, 6.45) is 1.49. The summed E-state index contributed by atoms with van der Waals surface area (Å²) in [5, 5.41) is 0.0528. The summed E-state index contributed by atoms with van der Waals surface area (Å²) in [6.45, 7) is 2.30. The van der Waals surface area contributed by atoms with E-state index < -0.39 is 11.5 Å². The molecule has 0 bridgehead atoms. The van der Waals surface area contributed by atoms with Gasteiger partial charge in [-0.05, 0) is 49.5 Å². The number of esters is 1. The van der Waals surface area contributed by atoms with E-state index in [0.717, 1.165) is 0 Å². The van der Waals surface area contributed by atoms with E-state index in [2.05, 4.69) is 9.97 Å². The topological polar surface area (TPSA) is 99.4 Å². The summed E-state index contributed by atoms with van der Waals surface area (Å²) < 4.78 is 17.8. The zero-order valence-corrected chi connectivity index (χ0v) is 17.0. The van der Waals surface area contributed by atoms with Crippen molar-refractivity contribution in [1.29, 1.82) is 0 Å². The van der Waals surface area contributed by atoms with Crippen LogP contribution >= 0.6 is 12.2 Å². The molecular formula is C21H17N3O5S. The number of aromatic nitrogens is 3. The molecule has 3 heterocycles. The number of hydrogen-bond donors (Lipinski definition) is 1. The average Bonchev–Trinajstić information content (AvgIpc) is 3.28. The molecule has 30 heavy (non-hydrogen) atoms.